The molecule has 0 aliphatic heterocycles. The number of ether oxygens (including phenoxy) is 1. The molecule has 0 rings (SSSR count). The van der Waals surface area contributed by atoms with Crippen LogP contribution in [0.3, 0.4) is 0 Å². The summed E-state index contributed by atoms with van der Waals surface area (Å²) in [6.07, 6.45) is -0.790. The standard InChI is InChI=1S/C7H15NO4/c1-2-12-7(11)8-6(10)4-3-5-9/h6,9-10H,2-5H2,1H3,(H,8,11). The van der Waals surface area contributed by atoms with Crippen LogP contribution in [0.1, 0.15) is 19.8 Å². The number of hydrogen-bond acceptors (Lipinski definition) is 4. The van der Waals surface area contributed by atoms with Crippen LogP contribution in [0.2, 0.25) is 0 Å². The lowest BCUT2D eigenvalue weighted by atomic mass is 10.3. The number of alkyl carbamates (subject to hydrolysis) is 1. The van der Waals surface area contributed by atoms with Crippen molar-refractivity contribution in [2.45, 2.75) is 26.0 Å². The predicted molar refractivity (Wildman–Crippen MR) is 42.5 cm³/mol. The van der Waals surface area contributed by atoms with Crippen LogP contribution in [-0.4, -0.2) is 35.7 Å². The Hall–Kier alpha value is -0.810. The minimum atomic E-state index is -0.934. The van der Waals surface area contributed by atoms with Crippen LogP contribution in [0.5, 0.6) is 0 Å². The number of aliphatic hydroxyl groups excluding tert-OH is 2. The highest BCUT2D eigenvalue weighted by Gasteiger charge is 2.07. The Bertz CT molecular complexity index is 129. The molecule has 5 nitrogen and oxygen atoms in total. The molecule has 5 heteroatoms. The minimum Gasteiger partial charge on any atom is -0.450 e. The molecule has 72 valence electrons. The summed E-state index contributed by atoms with van der Waals surface area (Å²) in [5, 5.41) is 19.7. The summed E-state index contributed by atoms with van der Waals surface area (Å²) >= 11 is 0. The van der Waals surface area contributed by atoms with Crippen molar-refractivity contribution in [3.63, 3.8) is 0 Å². The number of nitrogens with one attached hydrogen (secondary N) is 1. The van der Waals surface area contributed by atoms with Crippen molar-refractivity contribution < 1.29 is 19.7 Å². The van der Waals surface area contributed by atoms with E-state index in [0.29, 0.717) is 12.8 Å². The zero-order chi connectivity index (χ0) is 9.40. The third kappa shape index (κ3) is 5.94. The number of carbonyl (C=O) groups excluding carboxylic acids is 1. The highest BCUT2D eigenvalue weighted by Crippen LogP contribution is 1.92. The summed E-state index contributed by atoms with van der Waals surface area (Å²) in [6, 6.07) is 0. The Kier molecular flexibility index (Phi) is 6.41. The van der Waals surface area contributed by atoms with Gasteiger partial charge in [-0.2, -0.15) is 0 Å². The maximum Gasteiger partial charge on any atom is 0.409 e. The van der Waals surface area contributed by atoms with Gasteiger partial charge in [-0.3, -0.25) is 5.32 Å². The monoisotopic (exact) mass is 177 g/mol. The smallest absolute Gasteiger partial charge is 0.409 e. The lowest BCUT2D eigenvalue weighted by molar-refractivity contribution is 0.0916. The number of rotatable bonds is 5. The first-order chi connectivity index (χ1) is 5.70. The molecule has 12 heavy (non-hydrogen) atoms. The van der Waals surface area contributed by atoms with Gasteiger partial charge in [-0.05, 0) is 19.8 Å². The molecule has 0 heterocycles. The Morgan fingerprint density at radius 2 is 2.33 bits per heavy atom. The SMILES string of the molecule is CCOC(=O)NC(O)CCCO. The number of hydrogen-bond donors (Lipinski definition) is 3. The summed E-state index contributed by atoms with van der Waals surface area (Å²) in [7, 11) is 0. The van der Waals surface area contributed by atoms with Gasteiger partial charge in [0.1, 0.15) is 6.23 Å². The molecule has 1 atom stereocenters. The highest BCUT2D eigenvalue weighted by molar-refractivity contribution is 5.67. The molecular weight excluding hydrogens is 162 g/mol. The molecule has 0 aliphatic rings. The van der Waals surface area contributed by atoms with Crippen molar-refractivity contribution in [3.8, 4) is 0 Å². The van der Waals surface area contributed by atoms with E-state index >= 15 is 0 Å². The molecule has 0 aromatic heterocycles. The van der Waals surface area contributed by atoms with E-state index < -0.39 is 12.3 Å². The molecule has 3 N–H and O–H groups in total. The fraction of sp³-hybridized carbons (Fsp3) is 0.857. The molecule has 0 aliphatic carbocycles. The number of carbonyl (C=O) groups is 1. The molecule has 0 radical (unpaired) electrons. The van der Waals surface area contributed by atoms with Gasteiger partial charge in [-0.25, -0.2) is 4.79 Å². The van der Waals surface area contributed by atoms with E-state index in [1.54, 1.807) is 6.92 Å². The zero-order valence-corrected chi connectivity index (χ0v) is 7.12. The Labute approximate surface area is 71.3 Å². The lowest BCUT2D eigenvalue weighted by Gasteiger charge is -2.11. The van der Waals surface area contributed by atoms with Crippen LogP contribution in [0.4, 0.5) is 4.79 Å². The van der Waals surface area contributed by atoms with Crippen LogP contribution in [0.15, 0.2) is 0 Å². The molecular formula is C7H15NO4. The minimum absolute atomic E-state index is 0.00155. The lowest BCUT2D eigenvalue weighted by Crippen LogP contribution is -2.35. The van der Waals surface area contributed by atoms with Gasteiger partial charge in [0.25, 0.3) is 0 Å². The van der Waals surface area contributed by atoms with E-state index in [0.717, 1.165) is 0 Å². The predicted octanol–water partition coefficient (Wildman–Crippen LogP) is -0.177. The summed E-state index contributed by atoms with van der Waals surface area (Å²) < 4.78 is 4.52. The normalized spacial score (nSPS) is 12.2. The summed E-state index contributed by atoms with van der Waals surface area (Å²) in [5.41, 5.74) is 0. The summed E-state index contributed by atoms with van der Waals surface area (Å²) in [5.74, 6) is 0. The van der Waals surface area contributed by atoms with Gasteiger partial charge < -0.3 is 14.9 Å². The molecule has 1 amide bonds. The Morgan fingerprint density at radius 3 is 2.83 bits per heavy atom. The van der Waals surface area contributed by atoms with Crippen molar-refractivity contribution in [1.29, 1.82) is 0 Å². The van der Waals surface area contributed by atoms with Gasteiger partial charge >= 0.3 is 6.09 Å². The van der Waals surface area contributed by atoms with E-state index in [2.05, 4.69) is 10.1 Å². The highest BCUT2D eigenvalue weighted by atomic mass is 16.5. The Morgan fingerprint density at radius 1 is 1.67 bits per heavy atom. The van der Waals surface area contributed by atoms with Crippen LogP contribution >= 0.6 is 0 Å². The van der Waals surface area contributed by atoms with Crippen molar-refractivity contribution >= 4 is 6.09 Å². The Balaban J connectivity index is 3.40. The van der Waals surface area contributed by atoms with Crippen LogP contribution in [0, 0.1) is 0 Å². The van der Waals surface area contributed by atoms with Crippen LogP contribution in [-0.2, 0) is 4.74 Å². The van der Waals surface area contributed by atoms with Crippen molar-refractivity contribution in [3.05, 3.63) is 0 Å². The van der Waals surface area contributed by atoms with Gasteiger partial charge in [0, 0.05) is 6.61 Å². The van der Waals surface area contributed by atoms with Crippen molar-refractivity contribution in [1.82, 2.24) is 5.32 Å². The maximum atomic E-state index is 10.7. The quantitative estimate of drug-likeness (QED) is 0.509. The van der Waals surface area contributed by atoms with E-state index in [4.69, 9.17) is 10.2 Å². The molecule has 0 saturated carbocycles. The first-order valence-corrected chi connectivity index (χ1v) is 3.93. The second-order valence-corrected chi connectivity index (χ2v) is 2.25. The molecule has 0 spiro atoms. The van der Waals surface area contributed by atoms with Crippen LogP contribution in [0.25, 0.3) is 0 Å². The van der Waals surface area contributed by atoms with E-state index in [9.17, 15) is 4.79 Å². The molecule has 0 aromatic rings. The maximum absolute atomic E-state index is 10.7. The number of amides is 1. The first-order valence-electron chi connectivity index (χ1n) is 3.93. The fourth-order valence-corrected chi connectivity index (χ4v) is 0.666. The molecule has 0 bridgehead atoms. The average Bonchev–Trinajstić information content (AvgIpc) is 2.01. The second-order valence-electron chi connectivity index (χ2n) is 2.25. The van der Waals surface area contributed by atoms with Gasteiger partial charge in [0.15, 0.2) is 0 Å². The molecule has 0 aromatic carbocycles. The second kappa shape index (κ2) is 6.87. The van der Waals surface area contributed by atoms with E-state index in [1.165, 1.54) is 0 Å². The van der Waals surface area contributed by atoms with Crippen LogP contribution < -0.4 is 5.32 Å². The average molecular weight is 177 g/mol. The largest absolute Gasteiger partial charge is 0.450 e. The number of aliphatic hydroxyl groups is 2. The van der Waals surface area contributed by atoms with Gasteiger partial charge in [-0.1, -0.05) is 0 Å². The first kappa shape index (κ1) is 11.2. The third-order valence-corrected chi connectivity index (χ3v) is 1.20. The fourth-order valence-electron chi connectivity index (χ4n) is 0.666. The topological polar surface area (TPSA) is 78.8 Å². The van der Waals surface area contributed by atoms with Crippen molar-refractivity contribution in [2.24, 2.45) is 0 Å². The molecule has 0 fully saturated rings. The zero-order valence-electron chi connectivity index (χ0n) is 7.12. The third-order valence-electron chi connectivity index (χ3n) is 1.20. The summed E-state index contributed by atoms with van der Waals surface area (Å²) in [4.78, 5) is 10.7. The van der Waals surface area contributed by atoms with Gasteiger partial charge in [0.05, 0.1) is 6.61 Å². The summed E-state index contributed by atoms with van der Waals surface area (Å²) in [6.45, 7) is 1.96. The van der Waals surface area contributed by atoms with Gasteiger partial charge in [0.2, 0.25) is 0 Å². The van der Waals surface area contributed by atoms with Crippen molar-refractivity contribution in [2.75, 3.05) is 13.2 Å². The van der Waals surface area contributed by atoms with Gasteiger partial charge in [-0.15, -0.1) is 0 Å². The molecule has 1 unspecified atom stereocenters. The molecule has 0 saturated heterocycles. The van der Waals surface area contributed by atoms with E-state index in [1.807, 2.05) is 0 Å². The van der Waals surface area contributed by atoms with E-state index in [-0.39, 0.29) is 13.2 Å².